The van der Waals surface area contributed by atoms with E-state index in [1.165, 1.54) is 11.1 Å². The fourth-order valence-corrected chi connectivity index (χ4v) is 5.22. The molecule has 36 heavy (non-hydrogen) atoms. The summed E-state index contributed by atoms with van der Waals surface area (Å²) in [6.07, 6.45) is 3.46. The number of carbonyl (C=O) groups is 2. The van der Waals surface area contributed by atoms with Gasteiger partial charge < -0.3 is 15.5 Å². The molecule has 2 N–H and O–H groups in total. The van der Waals surface area contributed by atoms with Crippen LogP contribution in [0.1, 0.15) is 55.4 Å². The topological polar surface area (TPSA) is 79.3 Å². The molecule has 1 aliphatic carbocycles. The number of carbonyl (C=O) groups excluding carboxylic acids is 2. The van der Waals surface area contributed by atoms with Gasteiger partial charge in [0, 0.05) is 49.9 Å². The molecule has 5 rings (SSSR count). The molecule has 7 heteroatoms. The Bertz CT molecular complexity index is 1270. The van der Waals surface area contributed by atoms with Crippen LogP contribution in [0.4, 0.5) is 4.79 Å². The summed E-state index contributed by atoms with van der Waals surface area (Å²) in [5, 5.41) is 10.6. The van der Waals surface area contributed by atoms with Gasteiger partial charge in [-0.2, -0.15) is 5.10 Å². The number of benzene rings is 2. The molecule has 3 aromatic rings. The lowest BCUT2D eigenvalue weighted by atomic mass is 9.89. The fourth-order valence-electron chi connectivity index (χ4n) is 5.22. The highest BCUT2D eigenvalue weighted by Gasteiger charge is 2.43. The smallest absolute Gasteiger partial charge is 0.318 e. The van der Waals surface area contributed by atoms with Crippen LogP contribution in [0.2, 0.25) is 0 Å². The molecule has 1 saturated carbocycles. The summed E-state index contributed by atoms with van der Waals surface area (Å²) < 4.78 is 1.88. The van der Waals surface area contributed by atoms with Gasteiger partial charge in [0.2, 0.25) is 5.91 Å². The van der Waals surface area contributed by atoms with E-state index in [1.807, 2.05) is 61.7 Å². The van der Waals surface area contributed by atoms with Gasteiger partial charge in [0.1, 0.15) is 0 Å². The van der Waals surface area contributed by atoms with Crippen molar-refractivity contribution in [3.63, 3.8) is 0 Å². The molecule has 2 aliphatic rings. The van der Waals surface area contributed by atoms with Gasteiger partial charge in [-0.05, 0) is 67.9 Å². The first-order chi connectivity index (χ1) is 17.2. The number of rotatable bonds is 5. The summed E-state index contributed by atoms with van der Waals surface area (Å²) in [5.41, 5.74) is 6.55. The average Bonchev–Trinajstić information content (AvgIpc) is 3.55. The van der Waals surface area contributed by atoms with Crippen LogP contribution in [0.5, 0.6) is 0 Å². The predicted octanol–water partition coefficient (Wildman–Crippen LogP) is 4.37. The minimum atomic E-state index is -0.301. The zero-order chi connectivity index (χ0) is 25.4. The van der Waals surface area contributed by atoms with Crippen molar-refractivity contribution in [2.75, 3.05) is 6.54 Å². The van der Waals surface area contributed by atoms with Crippen molar-refractivity contribution in [3.8, 4) is 11.3 Å². The standard InChI is InChI=1S/C29H35N5O2/c1-29(2,3)32-28(36)34-15-13-21-22(26-12-14-31-33(26)4)11-10-20(25(21)18-34)17-30-27(35)24-16-23(24)19-8-6-5-7-9-19/h5-12,14,23-24H,13,15-18H2,1-4H3,(H,30,35)(H,32,36)/t23-,24+/m1/s1. The van der Waals surface area contributed by atoms with E-state index in [-0.39, 0.29) is 23.4 Å². The van der Waals surface area contributed by atoms with Crippen molar-refractivity contribution >= 4 is 11.9 Å². The molecule has 1 aromatic heterocycles. The highest BCUT2D eigenvalue weighted by molar-refractivity contribution is 5.83. The number of hydrogen-bond donors (Lipinski definition) is 2. The van der Waals surface area contributed by atoms with Gasteiger partial charge in [-0.3, -0.25) is 9.48 Å². The first-order valence-electron chi connectivity index (χ1n) is 12.7. The zero-order valence-corrected chi connectivity index (χ0v) is 21.5. The van der Waals surface area contributed by atoms with E-state index < -0.39 is 0 Å². The van der Waals surface area contributed by atoms with Crippen LogP contribution in [-0.2, 0) is 31.4 Å². The van der Waals surface area contributed by atoms with Crippen LogP contribution >= 0.6 is 0 Å². The average molecular weight is 486 g/mol. The fraction of sp³-hybridized carbons (Fsp3) is 0.414. The molecule has 0 bridgehead atoms. The molecule has 2 atom stereocenters. The van der Waals surface area contributed by atoms with E-state index in [4.69, 9.17) is 0 Å². The van der Waals surface area contributed by atoms with Crippen LogP contribution in [0.3, 0.4) is 0 Å². The van der Waals surface area contributed by atoms with Crippen LogP contribution < -0.4 is 10.6 Å². The normalized spacial score (nSPS) is 18.9. The number of urea groups is 1. The Labute approximate surface area is 212 Å². The van der Waals surface area contributed by atoms with Gasteiger partial charge in [-0.25, -0.2) is 4.79 Å². The maximum atomic E-state index is 13.0. The number of hydrogen-bond acceptors (Lipinski definition) is 3. The maximum absolute atomic E-state index is 13.0. The first kappa shape index (κ1) is 24.1. The van der Waals surface area contributed by atoms with Crippen LogP contribution in [0.25, 0.3) is 11.3 Å². The van der Waals surface area contributed by atoms with Crippen molar-refractivity contribution in [1.82, 2.24) is 25.3 Å². The van der Waals surface area contributed by atoms with E-state index in [0.29, 0.717) is 25.6 Å². The Morgan fingerprint density at radius 1 is 1.06 bits per heavy atom. The molecule has 2 aromatic carbocycles. The third kappa shape index (κ3) is 5.01. The van der Waals surface area contributed by atoms with Crippen LogP contribution in [-0.4, -0.2) is 38.7 Å². The summed E-state index contributed by atoms with van der Waals surface area (Å²) in [6.45, 7) is 7.60. The molecule has 2 heterocycles. The minimum Gasteiger partial charge on any atom is -0.352 e. The van der Waals surface area contributed by atoms with E-state index in [9.17, 15) is 9.59 Å². The lowest BCUT2D eigenvalue weighted by Gasteiger charge is -2.34. The third-order valence-electron chi connectivity index (χ3n) is 7.18. The van der Waals surface area contributed by atoms with E-state index in [2.05, 4.69) is 40.0 Å². The summed E-state index contributed by atoms with van der Waals surface area (Å²) in [7, 11) is 1.94. The van der Waals surface area contributed by atoms with Gasteiger partial charge in [0.15, 0.2) is 0 Å². The summed E-state index contributed by atoms with van der Waals surface area (Å²) in [4.78, 5) is 27.8. The molecule has 0 radical (unpaired) electrons. The molecule has 1 aliphatic heterocycles. The van der Waals surface area contributed by atoms with Gasteiger partial charge >= 0.3 is 6.03 Å². The summed E-state index contributed by atoms with van der Waals surface area (Å²) in [6, 6.07) is 16.4. The van der Waals surface area contributed by atoms with Gasteiger partial charge in [-0.15, -0.1) is 0 Å². The highest BCUT2D eigenvalue weighted by atomic mass is 16.2. The molecular formula is C29H35N5O2. The lowest BCUT2D eigenvalue weighted by molar-refractivity contribution is -0.122. The van der Waals surface area contributed by atoms with Crippen molar-refractivity contribution in [1.29, 1.82) is 0 Å². The largest absolute Gasteiger partial charge is 0.352 e. The first-order valence-corrected chi connectivity index (χ1v) is 12.7. The molecular weight excluding hydrogens is 450 g/mol. The Morgan fingerprint density at radius 2 is 1.83 bits per heavy atom. The molecule has 7 nitrogen and oxygen atoms in total. The maximum Gasteiger partial charge on any atom is 0.318 e. The quantitative estimate of drug-likeness (QED) is 0.563. The monoisotopic (exact) mass is 485 g/mol. The van der Waals surface area contributed by atoms with Gasteiger partial charge in [-0.1, -0.05) is 42.5 Å². The van der Waals surface area contributed by atoms with Crippen LogP contribution in [0, 0.1) is 5.92 Å². The van der Waals surface area contributed by atoms with Gasteiger partial charge in [0.05, 0.1) is 5.69 Å². The van der Waals surface area contributed by atoms with Crippen molar-refractivity contribution in [2.24, 2.45) is 13.0 Å². The zero-order valence-electron chi connectivity index (χ0n) is 21.5. The summed E-state index contributed by atoms with van der Waals surface area (Å²) in [5.74, 6) is 0.446. The number of aromatic nitrogens is 2. The predicted molar refractivity (Wildman–Crippen MR) is 140 cm³/mol. The second-order valence-electron chi connectivity index (χ2n) is 11.0. The lowest BCUT2D eigenvalue weighted by Crippen LogP contribution is -2.50. The molecule has 0 spiro atoms. The Kier molecular flexibility index (Phi) is 6.33. The summed E-state index contributed by atoms with van der Waals surface area (Å²) >= 11 is 0. The van der Waals surface area contributed by atoms with Gasteiger partial charge in [0.25, 0.3) is 0 Å². The van der Waals surface area contributed by atoms with Crippen molar-refractivity contribution in [2.45, 2.75) is 58.2 Å². The SMILES string of the molecule is Cn1nccc1-c1ccc(CNC(=O)[C@H]2C[C@@H]2c2ccccc2)c2c1CCN(C(=O)NC(C)(C)C)C2. The highest BCUT2D eigenvalue weighted by Crippen LogP contribution is 2.47. The second-order valence-corrected chi connectivity index (χ2v) is 11.0. The number of aryl methyl sites for hydroxylation is 1. The molecule has 3 amide bonds. The second kappa shape index (κ2) is 9.45. The van der Waals surface area contributed by atoms with Crippen LogP contribution in [0.15, 0.2) is 54.7 Å². The Hall–Kier alpha value is -3.61. The molecule has 0 saturated heterocycles. The molecule has 1 fully saturated rings. The minimum absolute atomic E-state index is 0.0333. The van der Waals surface area contributed by atoms with E-state index in [0.717, 1.165) is 35.2 Å². The number of fused-ring (bicyclic) bond motifs is 1. The third-order valence-corrected chi connectivity index (χ3v) is 7.18. The van der Waals surface area contributed by atoms with E-state index in [1.54, 1.807) is 6.20 Å². The Balaban J connectivity index is 1.36. The molecule has 188 valence electrons. The number of amides is 3. The Morgan fingerprint density at radius 3 is 2.53 bits per heavy atom. The van der Waals surface area contributed by atoms with Crippen molar-refractivity contribution in [3.05, 3.63) is 77.0 Å². The van der Waals surface area contributed by atoms with Crippen molar-refractivity contribution < 1.29 is 9.59 Å². The number of nitrogens with zero attached hydrogens (tertiary/aromatic N) is 3. The molecule has 0 unspecified atom stereocenters. The number of nitrogens with one attached hydrogen (secondary N) is 2. The van der Waals surface area contributed by atoms with E-state index >= 15 is 0 Å².